The summed E-state index contributed by atoms with van der Waals surface area (Å²) in [6.45, 7) is 8.61. The maximum atomic E-state index is 11.6. The molecule has 0 aliphatic carbocycles. The van der Waals surface area contributed by atoms with Crippen molar-refractivity contribution >= 4 is 5.97 Å². The second-order valence-electron chi connectivity index (χ2n) is 5.67. The van der Waals surface area contributed by atoms with E-state index in [0.717, 1.165) is 18.4 Å². The highest BCUT2D eigenvalue weighted by atomic mass is 17.1. The van der Waals surface area contributed by atoms with E-state index in [1.165, 1.54) is 0 Å². The van der Waals surface area contributed by atoms with Crippen LogP contribution in [0.1, 0.15) is 62.4 Å². The van der Waals surface area contributed by atoms with Crippen molar-refractivity contribution in [2.24, 2.45) is 5.41 Å². The van der Waals surface area contributed by atoms with Crippen molar-refractivity contribution in [3.05, 3.63) is 35.4 Å². The molecule has 0 bridgehead atoms. The van der Waals surface area contributed by atoms with E-state index in [-0.39, 0.29) is 11.3 Å². The van der Waals surface area contributed by atoms with Gasteiger partial charge in [0.05, 0.1) is 5.56 Å². The number of carbonyl (C=O) groups excluding carboxylic acids is 1. The molecule has 0 amide bonds. The zero-order chi connectivity index (χ0) is 13.8. The number of rotatable bonds is 4. The van der Waals surface area contributed by atoms with Gasteiger partial charge in [0.15, 0.2) is 0 Å². The summed E-state index contributed by atoms with van der Waals surface area (Å²) >= 11 is 0. The summed E-state index contributed by atoms with van der Waals surface area (Å²) in [6.07, 6.45) is 2.05. The molecule has 0 aliphatic heterocycles. The molecule has 0 aliphatic rings. The van der Waals surface area contributed by atoms with Gasteiger partial charge in [0.25, 0.3) is 0 Å². The highest BCUT2D eigenvalue weighted by Gasteiger charge is 2.29. The molecule has 3 nitrogen and oxygen atoms in total. The molecule has 0 heterocycles. The molecule has 0 radical (unpaired) electrons. The smallest absolute Gasteiger partial charge is 0.295 e. The van der Waals surface area contributed by atoms with Crippen LogP contribution < -0.4 is 0 Å². The zero-order valence-corrected chi connectivity index (χ0v) is 11.6. The van der Waals surface area contributed by atoms with Crippen LogP contribution in [0.4, 0.5) is 0 Å². The fourth-order valence-electron chi connectivity index (χ4n) is 2.38. The van der Waals surface area contributed by atoms with Crippen LogP contribution >= 0.6 is 0 Å². The normalized spacial score (nSPS) is 13.2. The minimum Gasteiger partial charge on any atom is -0.295 e. The molecule has 1 unspecified atom stereocenters. The Morgan fingerprint density at radius 1 is 1.33 bits per heavy atom. The van der Waals surface area contributed by atoms with E-state index < -0.39 is 5.97 Å². The maximum absolute atomic E-state index is 11.6. The van der Waals surface area contributed by atoms with E-state index in [2.05, 4.69) is 32.6 Å². The molecular weight excluding hydrogens is 228 g/mol. The summed E-state index contributed by atoms with van der Waals surface area (Å²) in [5.74, 6) is -0.422. The first kappa shape index (κ1) is 14.7. The molecule has 18 heavy (non-hydrogen) atoms. The lowest BCUT2D eigenvalue weighted by atomic mass is 9.73. The Morgan fingerprint density at radius 3 is 2.44 bits per heavy atom. The summed E-state index contributed by atoms with van der Waals surface area (Å²) in [4.78, 5) is 15.5. The first-order valence-corrected chi connectivity index (χ1v) is 6.36. The van der Waals surface area contributed by atoms with E-state index >= 15 is 0 Å². The standard InChI is InChI=1S/C15H22O3/c1-5-8-13(15(2,3)4)11-9-6-7-10-12(11)14(16)18-17/h6-7,9-10,13,17H,5,8H2,1-4H3. The molecule has 3 heteroatoms. The fourth-order valence-corrected chi connectivity index (χ4v) is 2.38. The molecule has 0 saturated carbocycles. The zero-order valence-electron chi connectivity index (χ0n) is 11.6. The highest BCUT2D eigenvalue weighted by Crippen LogP contribution is 2.40. The van der Waals surface area contributed by atoms with Crippen molar-refractivity contribution in [3.8, 4) is 0 Å². The van der Waals surface area contributed by atoms with Gasteiger partial charge in [-0.25, -0.2) is 4.79 Å². The molecule has 1 N–H and O–H groups in total. The minimum absolute atomic E-state index is 0.0574. The first-order valence-electron chi connectivity index (χ1n) is 6.36. The lowest BCUT2D eigenvalue weighted by molar-refractivity contribution is -0.182. The van der Waals surface area contributed by atoms with Crippen LogP contribution in [0.2, 0.25) is 0 Å². The monoisotopic (exact) mass is 250 g/mol. The van der Waals surface area contributed by atoms with Gasteiger partial charge in [-0.15, -0.1) is 0 Å². The van der Waals surface area contributed by atoms with E-state index in [1.54, 1.807) is 12.1 Å². The summed E-state index contributed by atoms with van der Waals surface area (Å²) in [5, 5.41) is 8.58. The number of carbonyl (C=O) groups is 1. The van der Waals surface area contributed by atoms with Crippen molar-refractivity contribution in [3.63, 3.8) is 0 Å². The van der Waals surface area contributed by atoms with E-state index in [1.807, 2.05) is 12.1 Å². The van der Waals surface area contributed by atoms with Crippen LogP contribution in [0.5, 0.6) is 0 Å². The molecule has 1 atom stereocenters. The van der Waals surface area contributed by atoms with Gasteiger partial charge in [0, 0.05) is 0 Å². The predicted octanol–water partition coefficient (Wildman–Crippen LogP) is 4.25. The van der Waals surface area contributed by atoms with Gasteiger partial charge in [-0.05, 0) is 29.4 Å². The summed E-state index contributed by atoms with van der Waals surface area (Å²) in [5.41, 5.74) is 1.46. The number of benzene rings is 1. The van der Waals surface area contributed by atoms with Gasteiger partial charge in [0.1, 0.15) is 0 Å². The predicted molar refractivity (Wildman–Crippen MR) is 71.6 cm³/mol. The lowest BCUT2D eigenvalue weighted by Crippen LogP contribution is -2.21. The Labute approximate surface area is 109 Å². The third-order valence-corrected chi connectivity index (χ3v) is 3.26. The molecule has 0 spiro atoms. The van der Waals surface area contributed by atoms with Gasteiger partial charge in [0.2, 0.25) is 0 Å². The summed E-state index contributed by atoms with van der Waals surface area (Å²) < 4.78 is 0. The van der Waals surface area contributed by atoms with Crippen LogP contribution in [-0.2, 0) is 4.89 Å². The van der Waals surface area contributed by atoms with Crippen molar-refractivity contribution in [2.45, 2.75) is 46.5 Å². The molecule has 100 valence electrons. The molecule has 0 aromatic heterocycles. The maximum Gasteiger partial charge on any atom is 0.373 e. The Morgan fingerprint density at radius 2 is 1.94 bits per heavy atom. The summed E-state index contributed by atoms with van der Waals surface area (Å²) in [6, 6.07) is 7.33. The molecule has 1 aromatic rings. The average Bonchev–Trinajstić information content (AvgIpc) is 2.33. The Balaban J connectivity index is 3.24. The van der Waals surface area contributed by atoms with Crippen LogP contribution in [0.3, 0.4) is 0 Å². The number of hydrogen-bond donors (Lipinski definition) is 1. The van der Waals surface area contributed by atoms with Crippen molar-refractivity contribution < 1.29 is 14.9 Å². The van der Waals surface area contributed by atoms with Gasteiger partial charge < -0.3 is 0 Å². The quantitative estimate of drug-likeness (QED) is 0.642. The Hall–Kier alpha value is -1.35. The molecule has 1 rings (SSSR count). The van der Waals surface area contributed by atoms with Crippen LogP contribution in [0.25, 0.3) is 0 Å². The SMILES string of the molecule is CCCC(c1ccccc1C(=O)OO)C(C)(C)C. The minimum atomic E-state index is -0.684. The van der Waals surface area contributed by atoms with Gasteiger partial charge >= 0.3 is 5.97 Å². The van der Waals surface area contributed by atoms with Crippen LogP contribution in [0, 0.1) is 5.41 Å². The molecule has 1 aromatic carbocycles. The van der Waals surface area contributed by atoms with E-state index in [4.69, 9.17) is 5.26 Å². The second kappa shape index (κ2) is 6.01. The lowest BCUT2D eigenvalue weighted by Gasteiger charge is -2.32. The Kier molecular flexibility index (Phi) is 4.91. The third kappa shape index (κ3) is 3.33. The third-order valence-electron chi connectivity index (χ3n) is 3.26. The van der Waals surface area contributed by atoms with Gasteiger partial charge in [-0.2, -0.15) is 5.26 Å². The fraction of sp³-hybridized carbons (Fsp3) is 0.533. The van der Waals surface area contributed by atoms with Crippen molar-refractivity contribution in [2.75, 3.05) is 0 Å². The van der Waals surface area contributed by atoms with Crippen LogP contribution in [0.15, 0.2) is 24.3 Å². The van der Waals surface area contributed by atoms with E-state index in [0.29, 0.717) is 5.56 Å². The first-order chi connectivity index (χ1) is 8.41. The van der Waals surface area contributed by atoms with Gasteiger partial charge in [-0.3, -0.25) is 4.89 Å². The van der Waals surface area contributed by atoms with Crippen molar-refractivity contribution in [1.29, 1.82) is 0 Å². The molecular formula is C15H22O3. The number of hydrogen-bond acceptors (Lipinski definition) is 3. The van der Waals surface area contributed by atoms with Crippen LogP contribution in [-0.4, -0.2) is 11.2 Å². The van der Waals surface area contributed by atoms with Crippen molar-refractivity contribution in [1.82, 2.24) is 0 Å². The Bertz CT molecular complexity index is 404. The average molecular weight is 250 g/mol. The summed E-state index contributed by atoms with van der Waals surface area (Å²) in [7, 11) is 0. The molecule has 0 fully saturated rings. The highest BCUT2D eigenvalue weighted by molar-refractivity contribution is 5.90. The van der Waals surface area contributed by atoms with Gasteiger partial charge in [-0.1, -0.05) is 52.3 Å². The topological polar surface area (TPSA) is 46.5 Å². The second-order valence-corrected chi connectivity index (χ2v) is 5.67. The van der Waals surface area contributed by atoms with E-state index in [9.17, 15) is 4.79 Å². The molecule has 0 saturated heterocycles. The largest absolute Gasteiger partial charge is 0.373 e.